The van der Waals surface area contributed by atoms with Crippen LogP contribution in [0.4, 0.5) is 11.4 Å². The molecular weight excluding hydrogens is 564 g/mol. The molecule has 4 aromatic carbocycles. The second-order valence-corrected chi connectivity index (χ2v) is 12.2. The predicted octanol–water partition coefficient (Wildman–Crippen LogP) is 7.95. The zero-order valence-corrected chi connectivity index (χ0v) is 26.7. The summed E-state index contributed by atoms with van der Waals surface area (Å²) in [5.74, 6) is 0.257. The lowest BCUT2D eigenvalue weighted by atomic mass is 9.71. The Kier molecular flexibility index (Phi) is 9.19. The Morgan fingerprint density at radius 2 is 1.27 bits per heavy atom. The summed E-state index contributed by atoms with van der Waals surface area (Å²) in [5, 5.41) is 26.2. The summed E-state index contributed by atoms with van der Waals surface area (Å²) >= 11 is 0. The van der Waals surface area contributed by atoms with E-state index in [1.807, 2.05) is 26.0 Å². The van der Waals surface area contributed by atoms with Crippen molar-refractivity contribution < 1.29 is 24.5 Å². The standard InChI is InChI=1S/C38H42N2O5/c1-6-14-38(15-7-2)29-18-25(19-36(43)39-31-16-23(3)8-12-33(31)41)10-11-27(29)28-22-35(45-5)26(20-30(28)38)21-37(44)40-32-17-24(4)9-13-34(32)42/h8-13,16-18,20,22,41-42H,6-7,14-15,19,21H2,1-5H3,(H,39,43)(H,40,44). The Labute approximate surface area is 265 Å². The molecule has 5 rings (SSSR count). The first kappa shape index (κ1) is 31.6. The number of methoxy groups -OCH3 is 1. The van der Waals surface area contributed by atoms with E-state index in [2.05, 4.69) is 42.7 Å². The maximum absolute atomic E-state index is 13.2. The van der Waals surface area contributed by atoms with Crippen molar-refractivity contribution in [3.63, 3.8) is 0 Å². The van der Waals surface area contributed by atoms with E-state index in [-0.39, 0.29) is 41.6 Å². The maximum Gasteiger partial charge on any atom is 0.229 e. The highest BCUT2D eigenvalue weighted by molar-refractivity contribution is 5.95. The number of carbonyl (C=O) groups excluding carboxylic acids is 2. The van der Waals surface area contributed by atoms with Crippen molar-refractivity contribution in [3.05, 3.63) is 100 Å². The van der Waals surface area contributed by atoms with Gasteiger partial charge in [0.1, 0.15) is 17.2 Å². The van der Waals surface area contributed by atoms with Gasteiger partial charge in [0.15, 0.2) is 0 Å². The molecule has 0 fully saturated rings. The molecule has 7 nitrogen and oxygen atoms in total. The molecule has 1 aliphatic rings. The van der Waals surface area contributed by atoms with Gasteiger partial charge in [0.2, 0.25) is 11.8 Å². The van der Waals surface area contributed by atoms with Gasteiger partial charge in [-0.25, -0.2) is 0 Å². The number of ether oxygens (including phenoxy) is 1. The fourth-order valence-electron chi connectivity index (χ4n) is 6.81. The van der Waals surface area contributed by atoms with E-state index in [0.29, 0.717) is 17.1 Å². The summed E-state index contributed by atoms with van der Waals surface area (Å²) in [6.07, 6.45) is 4.03. The first-order chi connectivity index (χ1) is 21.6. The van der Waals surface area contributed by atoms with Gasteiger partial charge >= 0.3 is 0 Å². The van der Waals surface area contributed by atoms with E-state index in [1.54, 1.807) is 43.5 Å². The van der Waals surface area contributed by atoms with Gasteiger partial charge in [-0.2, -0.15) is 0 Å². The number of rotatable bonds is 11. The van der Waals surface area contributed by atoms with Crippen molar-refractivity contribution in [2.75, 3.05) is 17.7 Å². The van der Waals surface area contributed by atoms with Crippen LogP contribution in [0, 0.1) is 13.8 Å². The normalized spacial score (nSPS) is 12.7. The number of hydrogen-bond donors (Lipinski definition) is 4. The third-order valence-electron chi connectivity index (χ3n) is 8.75. The molecule has 0 unspecified atom stereocenters. The van der Waals surface area contributed by atoms with Crippen molar-refractivity contribution in [1.29, 1.82) is 0 Å². The largest absolute Gasteiger partial charge is 0.506 e. The minimum absolute atomic E-state index is 0.0235. The van der Waals surface area contributed by atoms with Crippen LogP contribution in [0.1, 0.15) is 72.9 Å². The molecular formula is C38H42N2O5. The van der Waals surface area contributed by atoms with Crippen LogP contribution < -0.4 is 15.4 Å². The maximum atomic E-state index is 13.2. The molecule has 7 heteroatoms. The first-order valence-electron chi connectivity index (χ1n) is 15.6. The molecule has 0 atom stereocenters. The highest BCUT2D eigenvalue weighted by Crippen LogP contribution is 2.55. The van der Waals surface area contributed by atoms with Gasteiger partial charge in [0.05, 0.1) is 31.3 Å². The van der Waals surface area contributed by atoms with E-state index in [9.17, 15) is 19.8 Å². The summed E-state index contributed by atoms with van der Waals surface area (Å²) in [6.45, 7) is 8.19. The molecule has 0 spiro atoms. The zero-order valence-electron chi connectivity index (χ0n) is 26.7. The van der Waals surface area contributed by atoms with Crippen LogP contribution in [-0.2, 0) is 27.8 Å². The van der Waals surface area contributed by atoms with Crippen molar-refractivity contribution in [2.45, 2.75) is 71.6 Å². The van der Waals surface area contributed by atoms with Crippen molar-refractivity contribution in [2.24, 2.45) is 0 Å². The van der Waals surface area contributed by atoms with Crippen molar-refractivity contribution >= 4 is 23.2 Å². The average Bonchev–Trinajstić information content (AvgIpc) is 3.24. The number of anilines is 2. The Morgan fingerprint density at radius 3 is 1.82 bits per heavy atom. The van der Waals surface area contributed by atoms with Crippen molar-refractivity contribution in [1.82, 2.24) is 0 Å². The van der Waals surface area contributed by atoms with Gasteiger partial charge in [-0.3, -0.25) is 9.59 Å². The van der Waals surface area contributed by atoms with Crippen molar-refractivity contribution in [3.8, 4) is 28.4 Å². The topological polar surface area (TPSA) is 108 Å². The fourth-order valence-corrected chi connectivity index (χ4v) is 6.81. The number of benzene rings is 4. The number of amides is 2. The molecule has 0 heterocycles. The molecule has 0 bridgehead atoms. The molecule has 0 aliphatic heterocycles. The van der Waals surface area contributed by atoms with Gasteiger partial charge in [-0.1, -0.05) is 63.1 Å². The van der Waals surface area contributed by atoms with E-state index in [4.69, 9.17) is 4.74 Å². The SMILES string of the molecule is CCCC1(CCC)c2cc(CC(=O)Nc3cc(C)ccc3O)ccc2-c2cc(OC)c(CC(=O)Nc3cc(C)ccc3O)cc21. The molecule has 1 aliphatic carbocycles. The summed E-state index contributed by atoms with van der Waals surface area (Å²) < 4.78 is 5.82. The van der Waals surface area contributed by atoms with Crippen LogP contribution in [0.25, 0.3) is 11.1 Å². The number of aryl methyl sites for hydroxylation is 2. The molecule has 4 N–H and O–H groups in total. The number of nitrogens with one attached hydrogen (secondary N) is 2. The highest BCUT2D eigenvalue weighted by Gasteiger charge is 2.42. The van der Waals surface area contributed by atoms with E-state index >= 15 is 0 Å². The molecule has 2 amide bonds. The first-order valence-corrected chi connectivity index (χ1v) is 15.6. The summed E-state index contributed by atoms with van der Waals surface area (Å²) in [5.41, 5.74) is 8.64. The van der Waals surface area contributed by atoms with Crippen LogP contribution in [-0.4, -0.2) is 29.1 Å². The molecule has 234 valence electrons. The fraction of sp³-hybridized carbons (Fsp3) is 0.316. The average molecular weight is 607 g/mol. The van der Waals surface area contributed by atoms with E-state index in [0.717, 1.165) is 59.1 Å². The monoisotopic (exact) mass is 606 g/mol. The molecule has 0 saturated heterocycles. The third-order valence-corrected chi connectivity index (χ3v) is 8.75. The lowest BCUT2D eigenvalue weighted by Gasteiger charge is -2.32. The second-order valence-electron chi connectivity index (χ2n) is 12.2. The Bertz CT molecular complexity index is 1750. The van der Waals surface area contributed by atoms with Crippen LogP contribution in [0.15, 0.2) is 66.7 Å². The number of aromatic hydroxyl groups is 2. The van der Waals surface area contributed by atoms with Crippen LogP contribution in [0.3, 0.4) is 0 Å². The number of phenolic OH excluding ortho intramolecular Hbond substituents is 2. The highest BCUT2D eigenvalue weighted by atomic mass is 16.5. The lowest BCUT2D eigenvalue weighted by molar-refractivity contribution is -0.116. The summed E-state index contributed by atoms with van der Waals surface area (Å²) in [7, 11) is 1.62. The molecule has 0 radical (unpaired) electrons. The van der Waals surface area contributed by atoms with Gasteiger partial charge < -0.3 is 25.6 Å². The van der Waals surface area contributed by atoms with Gasteiger partial charge in [-0.05, 0) is 96.0 Å². The lowest BCUT2D eigenvalue weighted by Crippen LogP contribution is -2.26. The second kappa shape index (κ2) is 13.1. The Balaban J connectivity index is 1.49. The van der Waals surface area contributed by atoms with Gasteiger partial charge in [0, 0.05) is 11.0 Å². The Morgan fingerprint density at radius 1 is 0.711 bits per heavy atom. The number of fused-ring (bicyclic) bond motifs is 3. The van der Waals surface area contributed by atoms with Crippen LogP contribution in [0.2, 0.25) is 0 Å². The molecule has 0 aromatic heterocycles. The van der Waals surface area contributed by atoms with Crippen LogP contribution in [0.5, 0.6) is 17.2 Å². The van der Waals surface area contributed by atoms with Gasteiger partial charge in [-0.15, -0.1) is 0 Å². The molecule has 4 aromatic rings. The number of hydrogen-bond acceptors (Lipinski definition) is 5. The minimum Gasteiger partial charge on any atom is -0.506 e. The third kappa shape index (κ3) is 6.39. The smallest absolute Gasteiger partial charge is 0.229 e. The van der Waals surface area contributed by atoms with E-state index < -0.39 is 0 Å². The zero-order chi connectivity index (χ0) is 32.3. The van der Waals surface area contributed by atoms with E-state index in [1.165, 1.54) is 11.1 Å². The Hall–Kier alpha value is -4.78. The molecule has 0 saturated carbocycles. The van der Waals surface area contributed by atoms with Gasteiger partial charge in [0.25, 0.3) is 0 Å². The minimum atomic E-state index is -0.276. The summed E-state index contributed by atoms with van der Waals surface area (Å²) in [4.78, 5) is 26.3. The predicted molar refractivity (Wildman–Crippen MR) is 179 cm³/mol. The molecule has 45 heavy (non-hydrogen) atoms. The quantitative estimate of drug-likeness (QED) is 0.130. The van der Waals surface area contributed by atoms with Crippen LogP contribution >= 0.6 is 0 Å². The number of carbonyl (C=O) groups is 2. The number of phenols is 2. The summed E-state index contributed by atoms with van der Waals surface area (Å²) in [6, 6.07) is 20.7.